The predicted octanol–water partition coefficient (Wildman–Crippen LogP) is 2.12. The van der Waals surface area contributed by atoms with Crippen molar-refractivity contribution in [1.29, 1.82) is 0 Å². The molecule has 1 aromatic carbocycles. The van der Waals surface area contributed by atoms with Crippen molar-refractivity contribution in [1.82, 2.24) is 9.78 Å². The Balaban J connectivity index is 2.20. The molecule has 0 fully saturated rings. The standard InChI is InChI=1S/C12H10FN3O3/c1-8-6-15(14-12(8)16(18)19)7-11(17)9-3-2-4-10(13)5-9/h2-6H,7H2,1H3. The zero-order chi connectivity index (χ0) is 14.0. The number of carbonyl (C=O) groups is 1. The fourth-order valence-electron chi connectivity index (χ4n) is 1.67. The number of rotatable bonds is 4. The molecular weight excluding hydrogens is 253 g/mol. The minimum Gasteiger partial charge on any atom is -0.358 e. The molecule has 0 saturated carbocycles. The molecule has 1 aromatic heterocycles. The third-order valence-corrected chi connectivity index (χ3v) is 2.54. The molecule has 0 aliphatic carbocycles. The van der Waals surface area contributed by atoms with E-state index in [4.69, 9.17) is 0 Å². The maximum atomic E-state index is 13.0. The molecule has 0 N–H and O–H groups in total. The lowest BCUT2D eigenvalue weighted by Crippen LogP contribution is -2.11. The quantitative estimate of drug-likeness (QED) is 0.481. The van der Waals surface area contributed by atoms with Crippen molar-refractivity contribution in [2.75, 3.05) is 0 Å². The van der Waals surface area contributed by atoms with Crippen LogP contribution in [0.3, 0.4) is 0 Å². The molecule has 7 heteroatoms. The van der Waals surface area contributed by atoms with Crippen molar-refractivity contribution in [2.24, 2.45) is 0 Å². The van der Waals surface area contributed by atoms with Gasteiger partial charge in [0, 0.05) is 5.56 Å². The van der Waals surface area contributed by atoms with Gasteiger partial charge < -0.3 is 10.1 Å². The van der Waals surface area contributed by atoms with Crippen molar-refractivity contribution in [3.05, 3.63) is 57.5 Å². The third-order valence-electron chi connectivity index (χ3n) is 2.54. The lowest BCUT2D eigenvalue weighted by Gasteiger charge is -1.98. The number of benzene rings is 1. The highest BCUT2D eigenvalue weighted by Gasteiger charge is 2.19. The number of hydrogen-bond donors (Lipinski definition) is 0. The highest BCUT2D eigenvalue weighted by molar-refractivity contribution is 5.95. The summed E-state index contributed by atoms with van der Waals surface area (Å²) in [7, 11) is 0. The Labute approximate surface area is 107 Å². The zero-order valence-corrected chi connectivity index (χ0v) is 10.0. The number of hydrogen-bond acceptors (Lipinski definition) is 4. The van der Waals surface area contributed by atoms with Crippen LogP contribution >= 0.6 is 0 Å². The Morgan fingerprint density at radius 3 is 2.84 bits per heavy atom. The lowest BCUT2D eigenvalue weighted by molar-refractivity contribution is -0.390. The van der Waals surface area contributed by atoms with E-state index in [0.717, 1.165) is 6.07 Å². The van der Waals surface area contributed by atoms with Gasteiger partial charge in [-0.1, -0.05) is 12.1 Å². The molecule has 2 rings (SSSR count). The van der Waals surface area contributed by atoms with Gasteiger partial charge in [-0.25, -0.2) is 4.39 Å². The summed E-state index contributed by atoms with van der Waals surface area (Å²) in [5.41, 5.74) is 0.577. The van der Waals surface area contributed by atoms with Crippen molar-refractivity contribution in [3.63, 3.8) is 0 Å². The molecule has 0 spiro atoms. The molecule has 0 radical (unpaired) electrons. The second-order valence-electron chi connectivity index (χ2n) is 4.02. The fourth-order valence-corrected chi connectivity index (χ4v) is 1.67. The second-order valence-corrected chi connectivity index (χ2v) is 4.02. The summed E-state index contributed by atoms with van der Waals surface area (Å²) in [5, 5.41) is 14.3. The number of Topliss-reactive ketones (excluding diaryl/α,β-unsaturated/α-hetero) is 1. The first-order valence-corrected chi connectivity index (χ1v) is 5.44. The summed E-state index contributed by atoms with van der Waals surface area (Å²) in [6.45, 7) is 1.37. The number of aryl methyl sites for hydroxylation is 1. The van der Waals surface area contributed by atoms with E-state index in [-0.39, 0.29) is 23.7 Å². The van der Waals surface area contributed by atoms with Crippen LogP contribution < -0.4 is 0 Å². The molecule has 0 aliphatic heterocycles. The molecule has 98 valence electrons. The first-order valence-electron chi connectivity index (χ1n) is 5.44. The number of carbonyl (C=O) groups excluding carboxylic acids is 1. The highest BCUT2D eigenvalue weighted by atomic mass is 19.1. The van der Waals surface area contributed by atoms with E-state index in [9.17, 15) is 19.3 Å². The van der Waals surface area contributed by atoms with E-state index < -0.39 is 10.7 Å². The van der Waals surface area contributed by atoms with Crippen molar-refractivity contribution in [3.8, 4) is 0 Å². The molecule has 0 saturated heterocycles. The summed E-state index contributed by atoms with van der Waals surface area (Å²) < 4.78 is 14.2. The van der Waals surface area contributed by atoms with E-state index in [0.29, 0.717) is 5.56 Å². The largest absolute Gasteiger partial charge is 0.392 e. The maximum Gasteiger partial charge on any atom is 0.392 e. The van der Waals surface area contributed by atoms with Crippen LogP contribution in [0.5, 0.6) is 0 Å². The lowest BCUT2D eigenvalue weighted by atomic mass is 10.1. The van der Waals surface area contributed by atoms with Crippen LogP contribution in [0.1, 0.15) is 15.9 Å². The topological polar surface area (TPSA) is 78.0 Å². The molecule has 6 nitrogen and oxygen atoms in total. The first kappa shape index (κ1) is 12.9. The SMILES string of the molecule is Cc1cn(CC(=O)c2cccc(F)c2)nc1[N+](=O)[O-]. The predicted molar refractivity (Wildman–Crippen MR) is 64.3 cm³/mol. The Hall–Kier alpha value is -2.57. The average molecular weight is 263 g/mol. The summed E-state index contributed by atoms with van der Waals surface area (Å²) in [6, 6.07) is 5.27. The summed E-state index contributed by atoms with van der Waals surface area (Å²) in [5.74, 6) is -1.16. The molecule has 0 amide bonds. The zero-order valence-electron chi connectivity index (χ0n) is 10.0. The van der Waals surface area contributed by atoms with Gasteiger partial charge in [-0.3, -0.25) is 4.79 Å². The molecular formula is C12H10FN3O3. The third kappa shape index (κ3) is 2.82. The van der Waals surface area contributed by atoms with Gasteiger partial charge in [0.1, 0.15) is 12.4 Å². The summed E-state index contributed by atoms with van der Waals surface area (Å²) in [4.78, 5) is 21.9. The minimum atomic E-state index is -0.613. The Bertz CT molecular complexity index is 651. The Morgan fingerprint density at radius 2 is 2.26 bits per heavy atom. The van der Waals surface area contributed by atoms with Gasteiger partial charge in [0.15, 0.2) is 5.78 Å². The van der Waals surface area contributed by atoms with Crippen LogP contribution in [-0.4, -0.2) is 20.5 Å². The van der Waals surface area contributed by atoms with Crippen LogP contribution in [-0.2, 0) is 6.54 Å². The van der Waals surface area contributed by atoms with Crippen molar-refractivity contribution in [2.45, 2.75) is 13.5 Å². The molecule has 19 heavy (non-hydrogen) atoms. The minimum absolute atomic E-state index is 0.169. The normalized spacial score (nSPS) is 10.4. The molecule has 0 atom stereocenters. The van der Waals surface area contributed by atoms with Gasteiger partial charge in [0.05, 0.1) is 16.9 Å². The fraction of sp³-hybridized carbons (Fsp3) is 0.167. The van der Waals surface area contributed by atoms with Crippen LogP contribution in [0.4, 0.5) is 10.2 Å². The van der Waals surface area contributed by atoms with E-state index in [1.54, 1.807) is 0 Å². The van der Waals surface area contributed by atoms with Gasteiger partial charge in [-0.15, -0.1) is 0 Å². The van der Waals surface area contributed by atoms with Gasteiger partial charge >= 0.3 is 5.82 Å². The van der Waals surface area contributed by atoms with Gasteiger partial charge in [0.25, 0.3) is 0 Å². The van der Waals surface area contributed by atoms with E-state index in [1.807, 2.05) is 0 Å². The summed E-state index contributed by atoms with van der Waals surface area (Å²) >= 11 is 0. The molecule has 0 aliphatic rings. The number of aromatic nitrogens is 2. The van der Waals surface area contributed by atoms with E-state index in [1.165, 1.54) is 36.0 Å². The average Bonchev–Trinajstić information content (AvgIpc) is 2.70. The van der Waals surface area contributed by atoms with Gasteiger partial charge in [-0.2, -0.15) is 4.68 Å². The monoisotopic (exact) mass is 263 g/mol. The van der Waals surface area contributed by atoms with Crippen molar-refractivity contribution < 1.29 is 14.1 Å². The number of nitro groups is 1. The maximum absolute atomic E-state index is 13.0. The second kappa shape index (κ2) is 4.97. The number of nitrogens with zero attached hydrogens (tertiary/aromatic N) is 3. The first-order chi connectivity index (χ1) is 8.97. The van der Waals surface area contributed by atoms with Crippen molar-refractivity contribution >= 4 is 11.6 Å². The van der Waals surface area contributed by atoms with Crippen LogP contribution in [0.2, 0.25) is 0 Å². The smallest absolute Gasteiger partial charge is 0.358 e. The number of halogens is 1. The van der Waals surface area contributed by atoms with Crippen LogP contribution in [0.15, 0.2) is 30.5 Å². The molecule has 2 aromatic rings. The van der Waals surface area contributed by atoms with Gasteiger partial charge in [0.2, 0.25) is 0 Å². The van der Waals surface area contributed by atoms with Crippen LogP contribution in [0.25, 0.3) is 0 Å². The van der Waals surface area contributed by atoms with E-state index >= 15 is 0 Å². The van der Waals surface area contributed by atoms with Crippen LogP contribution in [0, 0.1) is 22.9 Å². The molecule has 0 unspecified atom stereocenters. The van der Waals surface area contributed by atoms with E-state index in [2.05, 4.69) is 5.10 Å². The van der Waals surface area contributed by atoms with Gasteiger partial charge in [-0.05, 0) is 24.0 Å². The number of ketones is 1. The Kier molecular flexibility index (Phi) is 3.37. The Morgan fingerprint density at radius 1 is 1.53 bits per heavy atom. The molecule has 0 bridgehead atoms. The highest BCUT2D eigenvalue weighted by Crippen LogP contribution is 2.14. The summed E-state index contributed by atoms with van der Waals surface area (Å²) in [6.07, 6.45) is 1.41. The molecule has 1 heterocycles.